The number of hydrogen-bond donors (Lipinski definition) is 0. The lowest BCUT2D eigenvalue weighted by Crippen LogP contribution is -1.93. The van der Waals surface area contributed by atoms with Gasteiger partial charge in [0.15, 0.2) is 16.8 Å². The van der Waals surface area contributed by atoms with Crippen LogP contribution >= 0.6 is 0 Å². The van der Waals surface area contributed by atoms with Crippen LogP contribution in [0.25, 0.3) is 155 Å². The predicted octanol–water partition coefficient (Wildman–Crippen LogP) is 18.2. The molecule has 0 unspecified atom stereocenters. The number of para-hydroxylation sites is 4. The van der Waals surface area contributed by atoms with E-state index in [1.165, 1.54) is 65.3 Å². The Balaban J connectivity index is 0.000000136. The lowest BCUT2D eigenvalue weighted by molar-refractivity contribution is 0.619. The molecule has 0 spiro atoms. The highest BCUT2D eigenvalue weighted by Gasteiger charge is 2.21. The molecule has 0 fully saturated rings. The fourth-order valence-electron chi connectivity index (χ4n) is 11.4. The van der Waals surface area contributed by atoms with E-state index < -0.39 is 0 Å². The quantitative estimate of drug-likeness (QED) is 0.152. The Morgan fingerprint density at radius 2 is 0.654 bits per heavy atom. The van der Waals surface area contributed by atoms with Crippen molar-refractivity contribution in [1.29, 1.82) is 0 Å². The molecule has 8 heteroatoms. The first-order valence-electron chi connectivity index (χ1n) is 25.9. The molecule has 16 aromatic rings. The third kappa shape index (κ3) is 7.53. The summed E-state index contributed by atoms with van der Waals surface area (Å²) in [5.74, 6) is 1.26. The van der Waals surface area contributed by atoms with Gasteiger partial charge < -0.3 is 8.83 Å². The predicted molar refractivity (Wildman–Crippen MR) is 317 cm³/mol. The Bertz CT molecular complexity index is 4480. The van der Waals surface area contributed by atoms with Crippen LogP contribution in [0.1, 0.15) is 0 Å². The molecule has 0 aliphatic heterocycles. The zero-order chi connectivity index (χ0) is 51.5. The molecule has 5 aromatic heterocycles. The number of nitrogens with zero attached hydrogens (tertiary/aromatic N) is 6. The third-order valence-corrected chi connectivity index (χ3v) is 14.9. The maximum atomic E-state index is 6.02. The van der Waals surface area contributed by atoms with Crippen molar-refractivity contribution in [3.8, 4) is 67.4 Å². The zero-order valence-corrected chi connectivity index (χ0v) is 41.7. The molecule has 0 aliphatic carbocycles. The van der Waals surface area contributed by atoms with Gasteiger partial charge in [-0.2, -0.15) is 10.2 Å². The zero-order valence-electron chi connectivity index (χ0n) is 41.7. The molecule has 0 bridgehead atoms. The van der Waals surface area contributed by atoms with Gasteiger partial charge in [0.2, 0.25) is 11.8 Å². The Morgan fingerprint density at radius 1 is 0.256 bits per heavy atom. The normalized spacial score (nSPS) is 11.6. The molecular weight excluding hydrogens is 957 g/mol. The standard InChI is InChI=1S/2C35H21N3O/c1-3-10-28-26(8-1)33(22-16-18-23(19-17-22)35-37-31-13-5-6-15-32(31)39-35)27-9-2-4-11-29(27)34(28)25-12-7-14-30-24(25)20-21-36-38-30;1-3-10-26-24(8-1)32(22-15-17-23(18-16-22)35-38-30-13-5-6-14-31(30)39-35)25-9-2-4-11-27(25)33(26)28-19-21-37-34-29(28)12-7-20-36-34/h2*1-21H. The first-order chi connectivity index (χ1) is 38.7. The average molecular weight is 999 g/mol. The fourth-order valence-corrected chi connectivity index (χ4v) is 11.4. The number of hydrogen-bond acceptors (Lipinski definition) is 8. The maximum absolute atomic E-state index is 6.02. The summed E-state index contributed by atoms with van der Waals surface area (Å²) in [6, 6.07) is 82.0. The Hall–Kier alpha value is -10.7. The molecule has 16 rings (SSSR count). The number of aromatic nitrogens is 6. The monoisotopic (exact) mass is 998 g/mol. The molecule has 0 N–H and O–H groups in total. The van der Waals surface area contributed by atoms with Crippen molar-refractivity contribution in [3.05, 3.63) is 255 Å². The van der Waals surface area contributed by atoms with E-state index in [0.717, 1.165) is 77.5 Å². The van der Waals surface area contributed by atoms with Crippen LogP contribution in [-0.4, -0.2) is 30.1 Å². The van der Waals surface area contributed by atoms with Gasteiger partial charge in [0.05, 0.1) is 11.7 Å². The van der Waals surface area contributed by atoms with Gasteiger partial charge in [0, 0.05) is 34.3 Å². The molecule has 0 radical (unpaired) electrons. The molecule has 0 aliphatic rings. The molecule has 11 aromatic carbocycles. The van der Waals surface area contributed by atoms with E-state index in [9.17, 15) is 0 Å². The van der Waals surface area contributed by atoms with Crippen molar-refractivity contribution in [2.24, 2.45) is 0 Å². The van der Waals surface area contributed by atoms with Crippen LogP contribution in [-0.2, 0) is 0 Å². The van der Waals surface area contributed by atoms with Crippen molar-refractivity contribution in [3.63, 3.8) is 0 Å². The molecule has 0 saturated carbocycles. The molecule has 78 heavy (non-hydrogen) atoms. The van der Waals surface area contributed by atoms with Crippen molar-refractivity contribution < 1.29 is 8.83 Å². The second kappa shape index (κ2) is 18.6. The van der Waals surface area contributed by atoms with E-state index in [1.807, 2.05) is 66.9 Å². The second-order valence-corrected chi connectivity index (χ2v) is 19.3. The van der Waals surface area contributed by atoms with Gasteiger partial charge in [0.25, 0.3) is 0 Å². The summed E-state index contributed by atoms with van der Waals surface area (Å²) in [5.41, 5.74) is 16.3. The minimum Gasteiger partial charge on any atom is -0.436 e. The number of fused-ring (bicyclic) bond motifs is 8. The summed E-state index contributed by atoms with van der Waals surface area (Å²) < 4.78 is 12.0. The number of oxazole rings is 2. The van der Waals surface area contributed by atoms with Crippen LogP contribution < -0.4 is 0 Å². The lowest BCUT2D eigenvalue weighted by Gasteiger charge is -2.18. The summed E-state index contributed by atoms with van der Waals surface area (Å²) in [6.45, 7) is 0. The van der Waals surface area contributed by atoms with Crippen LogP contribution in [0.15, 0.2) is 264 Å². The van der Waals surface area contributed by atoms with E-state index >= 15 is 0 Å². The van der Waals surface area contributed by atoms with Crippen LogP contribution in [0.5, 0.6) is 0 Å². The van der Waals surface area contributed by atoms with Crippen LogP contribution in [0.3, 0.4) is 0 Å². The number of benzene rings is 11. The molecule has 0 atom stereocenters. The maximum Gasteiger partial charge on any atom is 0.227 e. The first-order valence-corrected chi connectivity index (χ1v) is 25.9. The number of pyridine rings is 2. The van der Waals surface area contributed by atoms with Crippen LogP contribution in [0, 0.1) is 0 Å². The minimum absolute atomic E-state index is 0.631. The van der Waals surface area contributed by atoms with Gasteiger partial charge >= 0.3 is 0 Å². The van der Waals surface area contributed by atoms with Crippen molar-refractivity contribution in [2.75, 3.05) is 0 Å². The van der Waals surface area contributed by atoms with E-state index in [1.54, 1.807) is 12.4 Å². The van der Waals surface area contributed by atoms with Gasteiger partial charge in [-0.25, -0.2) is 19.9 Å². The second-order valence-electron chi connectivity index (χ2n) is 19.3. The molecule has 8 nitrogen and oxygen atoms in total. The minimum atomic E-state index is 0.631. The summed E-state index contributed by atoms with van der Waals surface area (Å²) in [4.78, 5) is 18.4. The fraction of sp³-hybridized carbons (Fsp3) is 0. The molecule has 0 saturated heterocycles. The van der Waals surface area contributed by atoms with Gasteiger partial charge in [-0.3, -0.25) is 0 Å². The SMILES string of the molecule is c1ccc2oc(-c3ccc(-c4c5ccccc5c(-c5cccc6nnccc56)c5ccccc45)cc3)nc2c1.c1ccc2oc(-c3ccc(-c4c5ccccc5c(-c5ccnc6ncccc56)c5ccccc45)cc3)nc2c1. The van der Waals surface area contributed by atoms with E-state index in [0.29, 0.717) is 11.8 Å². The highest BCUT2D eigenvalue weighted by atomic mass is 16.4. The summed E-state index contributed by atoms with van der Waals surface area (Å²) >= 11 is 0. The van der Waals surface area contributed by atoms with Crippen molar-refractivity contribution in [1.82, 2.24) is 30.1 Å². The van der Waals surface area contributed by atoms with Crippen molar-refractivity contribution >= 4 is 87.2 Å². The van der Waals surface area contributed by atoms with Crippen LogP contribution in [0.2, 0.25) is 0 Å². The third-order valence-electron chi connectivity index (χ3n) is 14.9. The van der Waals surface area contributed by atoms with E-state index in [-0.39, 0.29) is 0 Å². The highest BCUT2D eigenvalue weighted by molar-refractivity contribution is 6.25. The Labute approximate surface area is 446 Å². The lowest BCUT2D eigenvalue weighted by atomic mass is 9.85. The van der Waals surface area contributed by atoms with E-state index in [2.05, 4.69) is 206 Å². The number of rotatable bonds is 6. The van der Waals surface area contributed by atoms with E-state index in [4.69, 9.17) is 8.83 Å². The summed E-state index contributed by atoms with van der Waals surface area (Å²) in [6.07, 6.45) is 5.42. The van der Waals surface area contributed by atoms with Crippen molar-refractivity contribution in [2.45, 2.75) is 0 Å². The van der Waals surface area contributed by atoms with Crippen LogP contribution in [0.4, 0.5) is 0 Å². The van der Waals surface area contributed by atoms with Gasteiger partial charge in [-0.05, 0) is 166 Å². The van der Waals surface area contributed by atoms with Gasteiger partial charge in [0.1, 0.15) is 11.0 Å². The van der Waals surface area contributed by atoms with Gasteiger partial charge in [-0.15, -0.1) is 0 Å². The smallest absolute Gasteiger partial charge is 0.227 e. The average Bonchev–Trinajstić information content (AvgIpc) is 4.28. The highest BCUT2D eigenvalue weighted by Crippen LogP contribution is 2.47. The Kier molecular flexibility index (Phi) is 10.7. The molecular formula is C70H42N6O2. The topological polar surface area (TPSA) is 104 Å². The largest absolute Gasteiger partial charge is 0.436 e. The molecule has 0 amide bonds. The summed E-state index contributed by atoms with van der Waals surface area (Å²) in [7, 11) is 0. The van der Waals surface area contributed by atoms with Gasteiger partial charge in [-0.1, -0.05) is 158 Å². The summed E-state index contributed by atoms with van der Waals surface area (Å²) in [5, 5.41) is 20.3. The molecule has 5 heterocycles. The molecule has 364 valence electrons. The Morgan fingerprint density at radius 3 is 1.14 bits per heavy atom. The first kappa shape index (κ1) is 44.8.